The summed E-state index contributed by atoms with van der Waals surface area (Å²) >= 11 is 0. The average molecular weight is 567 g/mol. The average Bonchev–Trinajstić information content (AvgIpc) is 3.61. The summed E-state index contributed by atoms with van der Waals surface area (Å²) in [5.74, 6) is 0.224. The van der Waals surface area contributed by atoms with Gasteiger partial charge in [0.25, 0.3) is 5.91 Å². The molecule has 2 aromatic carbocycles. The molecule has 212 valence electrons. The Balaban J connectivity index is 1.32. The molecule has 0 radical (unpaired) electrons. The van der Waals surface area contributed by atoms with E-state index in [2.05, 4.69) is 17.0 Å². The quantitative estimate of drug-likeness (QED) is 0.477. The van der Waals surface area contributed by atoms with E-state index in [1.807, 2.05) is 12.1 Å². The van der Waals surface area contributed by atoms with Crippen LogP contribution in [0.1, 0.15) is 34.5 Å². The molecule has 3 fully saturated rings. The molecule has 3 aliphatic heterocycles. The van der Waals surface area contributed by atoms with Crippen LogP contribution in [0.2, 0.25) is 0 Å². The number of fused-ring (bicyclic) bond motifs is 3. The number of methoxy groups -OCH3 is 1. The van der Waals surface area contributed by atoms with Crippen molar-refractivity contribution >= 4 is 16.5 Å². The SMILES string of the molecule is COc1cccc2c1-c1c(c(C(=O)N3CCOC4(CC4)C3)nn1-c1ccc(CN3CCOCC3)cc1)CS2(O)O. The number of nitrogens with zero attached hydrogens (tertiary/aromatic N) is 4. The van der Waals surface area contributed by atoms with Crippen LogP contribution in [0, 0.1) is 0 Å². The van der Waals surface area contributed by atoms with Crippen molar-refractivity contribution in [3.05, 3.63) is 59.3 Å². The Morgan fingerprint density at radius 1 is 1.07 bits per heavy atom. The first-order valence-corrected chi connectivity index (χ1v) is 15.5. The van der Waals surface area contributed by atoms with Gasteiger partial charge < -0.3 is 19.1 Å². The van der Waals surface area contributed by atoms with Gasteiger partial charge in [-0.15, -0.1) is 0 Å². The summed E-state index contributed by atoms with van der Waals surface area (Å²) in [6, 6.07) is 13.5. The number of amides is 1. The van der Waals surface area contributed by atoms with E-state index in [9.17, 15) is 13.9 Å². The molecule has 40 heavy (non-hydrogen) atoms. The highest BCUT2D eigenvalue weighted by Crippen LogP contribution is 2.62. The monoisotopic (exact) mass is 566 g/mol. The summed E-state index contributed by atoms with van der Waals surface area (Å²) in [6.07, 6.45) is 1.90. The zero-order valence-corrected chi connectivity index (χ0v) is 23.4. The standard InChI is InChI=1S/C29H34N4O6S/c1-37-23-3-2-4-24-25(23)27-22(18-40(24,35)36)26(28(34)32-13-16-39-29(19-32)9-10-29)30-33(27)21-7-5-20(6-8-21)17-31-11-14-38-15-12-31/h2-8,35-36H,9-19H2,1H3. The molecule has 11 heteroatoms. The molecule has 4 aliphatic rings. The predicted molar refractivity (Wildman–Crippen MR) is 150 cm³/mol. The highest BCUT2D eigenvalue weighted by molar-refractivity contribution is 8.23. The van der Waals surface area contributed by atoms with E-state index in [0.29, 0.717) is 47.2 Å². The first-order chi connectivity index (χ1) is 19.4. The second kappa shape index (κ2) is 9.86. The van der Waals surface area contributed by atoms with E-state index in [-0.39, 0.29) is 23.0 Å². The van der Waals surface area contributed by atoms with Crippen LogP contribution in [-0.4, -0.2) is 93.3 Å². The minimum atomic E-state index is -3.22. The fourth-order valence-corrected chi connectivity index (χ4v) is 7.69. The van der Waals surface area contributed by atoms with Crippen LogP contribution in [0.15, 0.2) is 47.4 Å². The van der Waals surface area contributed by atoms with E-state index in [1.54, 1.807) is 34.9 Å². The van der Waals surface area contributed by atoms with Gasteiger partial charge in [-0.25, -0.2) is 4.68 Å². The molecule has 1 amide bonds. The van der Waals surface area contributed by atoms with Gasteiger partial charge in [-0.1, -0.05) is 18.2 Å². The Labute approximate surface area is 234 Å². The zero-order valence-electron chi connectivity index (χ0n) is 22.5. The molecule has 4 heterocycles. The fraction of sp³-hybridized carbons (Fsp3) is 0.448. The van der Waals surface area contributed by atoms with Gasteiger partial charge in [0.15, 0.2) is 5.69 Å². The van der Waals surface area contributed by atoms with Crippen molar-refractivity contribution in [2.24, 2.45) is 0 Å². The highest BCUT2D eigenvalue weighted by atomic mass is 32.3. The summed E-state index contributed by atoms with van der Waals surface area (Å²) in [7, 11) is -1.66. The maximum Gasteiger partial charge on any atom is 0.274 e. The molecule has 2 saturated heterocycles. The first kappa shape index (κ1) is 26.0. The maximum absolute atomic E-state index is 14.0. The number of benzene rings is 2. The molecule has 1 aliphatic carbocycles. The van der Waals surface area contributed by atoms with E-state index in [1.165, 1.54) is 5.56 Å². The normalized spacial score (nSPS) is 21.9. The van der Waals surface area contributed by atoms with Gasteiger partial charge in [-0.05, 0) is 42.7 Å². The Morgan fingerprint density at radius 3 is 2.58 bits per heavy atom. The second-order valence-electron chi connectivity index (χ2n) is 11.0. The lowest BCUT2D eigenvalue weighted by Gasteiger charge is -2.38. The molecule has 2 N–H and O–H groups in total. The van der Waals surface area contributed by atoms with E-state index in [0.717, 1.165) is 51.4 Å². The minimum Gasteiger partial charge on any atom is -0.496 e. The van der Waals surface area contributed by atoms with E-state index >= 15 is 0 Å². The maximum atomic E-state index is 14.0. The number of carbonyl (C=O) groups is 1. The van der Waals surface area contributed by atoms with Gasteiger partial charge in [0.05, 0.1) is 66.7 Å². The lowest BCUT2D eigenvalue weighted by Crippen LogP contribution is -2.47. The lowest BCUT2D eigenvalue weighted by atomic mass is 10.0. The molecular weight excluding hydrogens is 532 g/mol. The topological polar surface area (TPSA) is 110 Å². The van der Waals surface area contributed by atoms with Gasteiger partial charge in [-0.3, -0.25) is 18.8 Å². The van der Waals surface area contributed by atoms with Crippen molar-refractivity contribution < 1.29 is 28.1 Å². The number of rotatable bonds is 5. The third-order valence-electron chi connectivity index (χ3n) is 8.36. The molecular formula is C29H34N4O6S. The van der Waals surface area contributed by atoms with Crippen LogP contribution in [0.25, 0.3) is 16.9 Å². The van der Waals surface area contributed by atoms with Crippen molar-refractivity contribution in [2.45, 2.75) is 35.6 Å². The van der Waals surface area contributed by atoms with Gasteiger partial charge in [0.1, 0.15) is 5.75 Å². The summed E-state index contributed by atoms with van der Waals surface area (Å²) in [4.78, 5) is 18.6. The van der Waals surface area contributed by atoms with Crippen molar-refractivity contribution in [3.63, 3.8) is 0 Å². The Hall–Kier alpha value is -2.93. The molecule has 1 spiro atoms. The van der Waals surface area contributed by atoms with E-state index in [4.69, 9.17) is 19.3 Å². The zero-order chi connectivity index (χ0) is 27.5. The number of hydrogen-bond donors (Lipinski definition) is 2. The number of hydrogen-bond acceptors (Lipinski definition) is 8. The number of ether oxygens (including phenoxy) is 3. The molecule has 1 aromatic heterocycles. The van der Waals surface area contributed by atoms with Crippen LogP contribution < -0.4 is 4.74 Å². The largest absolute Gasteiger partial charge is 0.496 e. The molecule has 1 saturated carbocycles. The van der Waals surface area contributed by atoms with Gasteiger partial charge in [0.2, 0.25) is 0 Å². The van der Waals surface area contributed by atoms with Crippen molar-refractivity contribution in [1.82, 2.24) is 19.6 Å². The Bertz CT molecular complexity index is 1450. The van der Waals surface area contributed by atoms with Gasteiger partial charge in [-0.2, -0.15) is 15.7 Å². The fourth-order valence-electron chi connectivity index (χ4n) is 6.04. The molecule has 0 atom stereocenters. The summed E-state index contributed by atoms with van der Waals surface area (Å²) in [5, 5.41) is 4.88. The van der Waals surface area contributed by atoms with Gasteiger partial charge in [0, 0.05) is 31.7 Å². The Morgan fingerprint density at radius 2 is 1.85 bits per heavy atom. The summed E-state index contributed by atoms with van der Waals surface area (Å²) in [6.45, 7) is 5.65. The molecule has 3 aromatic rings. The molecule has 0 unspecified atom stereocenters. The number of morpholine rings is 2. The van der Waals surface area contributed by atoms with Crippen molar-refractivity contribution in [1.29, 1.82) is 0 Å². The van der Waals surface area contributed by atoms with Crippen molar-refractivity contribution in [2.75, 3.05) is 53.1 Å². The second-order valence-corrected chi connectivity index (χ2v) is 13.1. The smallest absolute Gasteiger partial charge is 0.274 e. The Kier molecular flexibility index (Phi) is 6.41. The van der Waals surface area contributed by atoms with E-state index < -0.39 is 10.6 Å². The van der Waals surface area contributed by atoms with Gasteiger partial charge >= 0.3 is 0 Å². The first-order valence-electron chi connectivity index (χ1n) is 13.8. The molecule has 0 bridgehead atoms. The predicted octanol–water partition coefficient (Wildman–Crippen LogP) is 4.01. The minimum absolute atomic E-state index is 0.0752. The number of carbonyl (C=O) groups excluding carboxylic acids is 1. The third kappa shape index (κ3) is 4.50. The van der Waals surface area contributed by atoms with Crippen LogP contribution in [0.4, 0.5) is 0 Å². The lowest BCUT2D eigenvalue weighted by molar-refractivity contribution is -0.0378. The van der Waals surface area contributed by atoms with Crippen molar-refractivity contribution in [3.8, 4) is 22.7 Å². The van der Waals surface area contributed by atoms with Crippen LogP contribution in [0.3, 0.4) is 0 Å². The third-order valence-corrected chi connectivity index (χ3v) is 10.1. The van der Waals surface area contributed by atoms with Crippen LogP contribution in [-0.2, 0) is 21.8 Å². The highest BCUT2D eigenvalue weighted by Gasteiger charge is 2.49. The van der Waals surface area contributed by atoms with Crippen LogP contribution in [0.5, 0.6) is 5.75 Å². The summed E-state index contributed by atoms with van der Waals surface area (Å²) in [5.41, 5.74) is 3.76. The molecule has 7 rings (SSSR count). The van der Waals surface area contributed by atoms with Crippen LogP contribution >= 0.6 is 10.6 Å². The molecule has 10 nitrogen and oxygen atoms in total. The number of aromatic nitrogens is 2. The summed E-state index contributed by atoms with van der Waals surface area (Å²) < 4.78 is 41.4.